The van der Waals surface area contributed by atoms with E-state index in [0.717, 1.165) is 37.8 Å². The van der Waals surface area contributed by atoms with E-state index in [2.05, 4.69) is 10.4 Å². The molecule has 1 amide bonds. The molecule has 116 valence electrons. The molecule has 6 heteroatoms. The molecule has 1 fully saturated rings. The molecule has 1 aliphatic rings. The van der Waals surface area contributed by atoms with Gasteiger partial charge in [0.1, 0.15) is 5.82 Å². The summed E-state index contributed by atoms with van der Waals surface area (Å²) in [6.45, 7) is 2.69. The van der Waals surface area contributed by atoms with Gasteiger partial charge in [-0.05, 0) is 31.4 Å². The molecule has 21 heavy (non-hydrogen) atoms. The number of amides is 1. The van der Waals surface area contributed by atoms with Crippen LogP contribution in [0.3, 0.4) is 0 Å². The van der Waals surface area contributed by atoms with Crippen LogP contribution in [0.1, 0.15) is 48.7 Å². The Morgan fingerprint density at radius 3 is 2.95 bits per heavy atom. The lowest BCUT2D eigenvalue weighted by atomic mass is 10.1. The number of nitrogens with two attached hydrogens (primary N) is 1. The predicted octanol–water partition coefficient (Wildman–Crippen LogP) is 1.31. The highest BCUT2D eigenvalue weighted by Crippen LogP contribution is 2.20. The number of hydrogen-bond acceptors (Lipinski definition) is 5. The second-order valence-electron chi connectivity index (χ2n) is 5.41. The fourth-order valence-electron chi connectivity index (χ4n) is 2.77. The molecule has 1 aromatic rings. The van der Waals surface area contributed by atoms with E-state index in [-0.39, 0.29) is 18.6 Å². The van der Waals surface area contributed by atoms with Gasteiger partial charge in [-0.15, -0.1) is 0 Å². The Morgan fingerprint density at radius 2 is 2.29 bits per heavy atom. The van der Waals surface area contributed by atoms with Crippen molar-refractivity contribution < 1.29 is 9.90 Å². The first-order chi connectivity index (χ1) is 10.2. The van der Waals surface area contributed by atoms with Crippen LogP contribution in [0, 0.1) is 0 Å². The number of aromatic nitrogens is 1. The molecule has 1 saturated heterocycles. The number of pyridine rings is 1. The average Bonchev–Trinajstić information content (AvgIpc) is 2.78. The summed E-state index contributed by atoms with van der Waals surface area (Å²) in [4.78, 5) is 18.9. The maximum absolute atomic E-state index is 12.8. The number of hydrogen-bond donors (Lipinski definition) is 3. The molecule has 0 bridgehead atoms. The summed E-state index contributed by atoms with van der Waals surface area (Å²) in [5.41, 5.74) is 3.91. The smallest absolute Gasteiger partial charge is 0.254 e. The predicted molar refractivity (Wildman–Crippen MR) is 81.8 cm³/mol. The topological polar surface area (TPSA) is 91.5 Å². The Hall–Kier alpha value is -1.66. The minimum atomic E-state index is -0.0903. The highest BCUT2D eigenvalue weighted by atomic mass is 16.3. The zero-order valence-electron chi connectivity index (χ0n) is 12.5. The third-order valence-electron chi connectivity index (χ3n) is 3.98. The number of aryl methyl sites for hydroxylation is 1. The highest BCUT2D eigenvalue weighted by Gasteiger charge is 2.26. The van der Waals surface area contributed by atoms with Crippen LogP contribution < -0.4 is 11.3 Å². The van der Waals surface area contributed by atoms with Gasteiger partial charge in [-0.3, -0.25) is 4.79 Å². The normalized spacial score (nSPS) is 19.2. The standard InChI is InChI=1S/C15H24N4O2/c1-2-12-8-11(9-14(17-12)18-16)15(21)19-7-5-3-4-6-13(19)10-20/h8-9,13,20H,2-7,10,16H2,1H3,(H,17,18). The first-order valence-corrected chi connectivity index (χ1v) is 7.59. The number of hydrazine groups is 1. The van der Waals surface area contributed by atoms with E-state index in [1.807, 2.05) is 13.0 Å². The Morgan fingerprint density at radius 1 is 1.48 bits per heavy atom. The van der Waals surface area contributed by atoms with Gasteiger partial charge < -0.3 is 15.4 Å². The van der Waals surface area contributed by atoms with E-state index in [4.69, 9.17) is 5.84 Å². The molecule has 0 aliphatic carbocycles. The van der Waals surface area contributed by atoms with Crippen molar-refractivity contribution in [1.82, 2.24) is 9.88 Å². The molecule has 1 unspecified atom stereocenters. The van der Waals surface area contributed by atoms with Crippen LogP contribution in [0.5, 0.6) is 0 Å². The van der Waals surface area contributed by atoms with Gasteiger partial charge in [0, 0.05) is 17.8 Å². The number of aliphatic hydroxyl groups excluding tert-OH is 1. The maximum atomic E-state index is 12.8. The van der Waals surface area contributed by atoms with Crippen LogP contribution in [-0.2, 0) is 6.42 Å². The van der Waals surface area contributed by atoms with E-state index < -0.39 is 0 Å². The SMILES string of the molecule is CCc1cc(C(=O)N2CCCCCC2CO)cc(NN)n1. The highest BCUT2D eigenvalue weighted by molar-refractivity contribution is 5.95. The Labute approximate surface area is 125 Å². The van der Waals surface area contributed by atoms with Crippen molar-refractivity contribution >= 4 is 11.7 Å². The van der Waals surface area contributed by atoms with Gasteiger partial charge in [-0.2, -0.15) is 0 Å². The van der Waals surface area contributed by atoms with E-state index >= 15 is 0 Å². The molecule has 2 heterocycles. The number of carbonyl (C=O) groups is 1. The van der Waals surface area contributed by atoms with Gasteiger partial charge in [-0.25, -0.2) is 10.8 Å². The summed E-state index contributed by atoms with van der Waals surface area (Å²) in [5.74, 6) is 5.86. The van der Waals surface area contributed by atoms with Gasteiger partial charge in [0.25, 0.3) is 5.91 Å². The molecular formula is C15H24N4O2. The second-order valence-corrected chi connectivity index (χ2v) is 5.41. The molecule has 1 aliphatic heterocycles. The molecule has 0 aromatic carbocycles. The van der Waals surface area contributed by atoms with E-state index in [1.165, 1.54) is 0 Å². The fourth-order valence-corrected chi connectivity index (χ4v) is 2.77. The lowest BCUT2D eigenvalue weighted by molar-refractivity contribution is 0.0599. The Balaban J connectivity index is 2.28. The van der Waals surface area contributed by atoms with Crippen molar-refractivity contribution in [2.75, 3.05) is 18.6 Å². The maximum Gasteiger partial charge on any atom is 0.254 e. The summed E-state index contributed by atoms with van der Waals surface area (Å²) in [6, 6.07) is 3.39. The van der Waals surface area contributed by atoms with Crippen molar-refractivity contribution in [2.45, 2.75) is 45.1 Å². The summed E-state index contributed by atoms with van der Waals surface area (Å²) in [7, 11) is 0. The third-order valence-corrected chi connectivity index (χ3v) is 3.98. The number of aliphatic hydroxyl groups is 1. The molecular weight excluding hydrogens is 268 g/mol. The van der Waals surface area contributed by atoms with Crippen LogP contribution in [0.4, 0.5) is 5.82 Å². The molecule has 6 nitrogen and oxygen atoms in total. The van der Waals surface area contributed by atoms with Crippen molar-refractivity contribution in [3.05, 3.63) is 23.4 Å². The first kappa shape index (κ1) is 15.7. The van der Waals surface area contributed by atoms with E-state index in [0.29, 0.717) is 17.9 Å². The van der Waals surface area contributed by atoms with Crippen LogP contribution in [0.25, 0.3) is 0 Å². The van der Waals surface area contributed by atoms with Gasteiger partial charge in [0.15, 0.2) is 0 Å². The number of carbonyl (C=O) groups excluding carboxylic acids is 1. The van der Waals surface area contributed by atoms with Crippen molar-refractivity contribution in [1.29, 1.82) is 0 Å². The summed E-state index contributed by atoms with van der Waals surface area (Å²) in [5, 5.41) is 9.55. The van der Waals surface area contributed by atoms with E-state index in [1.54, 1.807) is 11.0 Å². The number of rotatable bonds is 4. The summed E-state index contributed by atoms with van der Waals surface area (Å²) < 4.78 is 0. The van der Waals surface area contributed by atoms with Crippen LogP contribution in [-0.4, -0.2) is 40.1 Å². The average molecular weight is 292 g/mol. The number of nitrogens with zero attached hydrogens (tertiary/aromatic N) is 2. The van der Waals surface area contributed by atoms with Gasteiger partial charge >= 0.3 is 0 Å². The zero-order chi connectivity index (χ0) is 15.2. The monoisotopic (exact) mass is 292 g/mol. The molecule has 1 atom stereocenters. The van der Waals surface area contributed by atoms with Gasteiger partial charge in [0.2, 0.25) is 0 Å². The Kier molecular flexibility index (Phi) is 5.52. The van der Waals surface area contributed by atoms with Crippen molar-refractivity contribution in [3.8, 4) is 0 Å². The quantitative estimate of drug-likeness (QED) is 0.575. The largest absolute Gasteiger partial charge is 0.394 e. The minimum Gasteiger partial charge on any atom is -0.394 e. The zero-order valence-corrected chi connectivity index (χ0v) is 12.5. The molecule has 2 rings (SSSR count). The molecule has 0 spiro atoms. The number of anilines is 1. The summed E-state index contributed by atoms with van der Waals surface area (Å²) >= 11 is 0. The minimum absolute atomic E-state index is 0.0133. The molecule has 4 N–H and O–H groups in total. The fraction of sp³-hybridized carbons (Fsp3) is 0.600. The lowest BCUT2D eigenvalue weighted by Crippen LogP contribution is -2.42. The molecule has 1 aromatic heterocycles. The lowest BCUT2D eigenvalue weighted by Gasteiger charge is -2.29. The van der Waals surface area contributed by atoms with Crippen LogP contribution in [0.2, 0.25) is 0 Å². The van der Waals surface area contributed by atoms with Crippen molar-refractivity contribution in [2.24, 2.45) is 5.84 Å². The Bertz CT molecular complexity index is 470. The number of nitrogens with one attached hydrogen (secondary N) is 1. The molecule has 0 saturated carbocycles. The van der Waals surface area contributed by atoms with Gasteiger partial charge in [-0.1, -0.05) is 19.8 Å². The first-order valence-electron chi connectivity index (χ1n) is 7.59. The number of likely N-dealkylation sites (tertiary alicyclic amines) is 1. The van der Waals surface area contributed by atoms with Crippen LogP contribution in [0.15, 0.2) is 12.1 Å². The summed E-state index contributed by atoms with van der Waals surface area (Å²) in [6.07, 6.45) is 4.73. The number of nitrogen functional groups attached to an aromatic ring is 1. The van der Waals surface area contributed by atoms with Crippen LogP contribution >= 0.6 is 0 Å². The van der Waals surface area contributed by atoms with Crippen molar-refractivity contribution in [3.63, 3.8) is 0 Å². The van der Waals surface area contributed by atoms with Gasteiger partial charge in [0.05, 0.1) is 12.6 Å². The third kappa shape index (κ3) is 3.71. The second kappa shape index (κ2) is 7.38. The van der Waals surface area contributed by atoms with E-state index in [9.17, 15) is 9.90 Å². The molecule has 0 radical (unpaired) electrons.